The first-order valence-corrected chi connectivity index (χ1v) is 5.65. The van der Waals surface area contributed by atoms with Gasteiger partial charge in [0, 0.05) is 11.4 Å². The molecule has 0 aliphatic carbocycles. The highest BCUT2D eigenvalue weighted by Gasteiger charge is 2.11. The standard InChI is InChI=1S/C14H16FNO/c1-17-14-7-6-11(13(16)8-9-15)10-4-2-3-5-12(10)14/h2-7,13H,8-9,16H2,1H3/t13-/m1/s1. The highest BCUT2D eigenvalue weighted by atomic mass is 19.1. The van der Waals surface area contributed by atoms with E-state index in [0.717, 1.165) is 22.1 Å². The summed E-state index contributed by atoms with van der Waals surface area (Å²) in [5.41, 5.74) is 6.95. The lowest BCUT2D eigenvalue weighted by Crippen LogP contribution is -2.11. The molecule has 2 aromatic rings. The normalized spacial score (nSPS) is 12.6. The molecular weight excluding hydrogens is 217 g/mol. The molecule has 1 atom stereocenters. The van der Waals surface area contributed by atoms with Gasteiger partial charge in [0.15, 0.2) is 0 Å². The van der Waals surface area contributed by atoms with E-state index in [4.69, 9.17) is 10.5 Å². The molecule has 0 spiro atoms. The molecular formula is C14H16FNO. The molecule has 3 heteroatoms. The lowest BCUT2D eigenvalue weighted by atomic mass is 9.97. The number of ether oxygens (including phenoxy) is 1. The van der Waals surface area contributed by atoms with Gasteiger partial charge in [-0.2, -0.15) is 0 Å². The fourth-order valence-corrected chi connectivity index (χ4v) is 2.07. The van der Waals surface area contributed by atoms with Gasteiger partial charge >= 0.3 is 0 Å². The number of methoxy groups -OCH3 is 1. The van der Waals surface area contributed by atoms with Gasteiger partial charge in [-0.3, -0.25) is 4.39 Å². The van der Waals surface area contributed by atoms with Crippen molar-refractivity contribution >= 4 is 10.8 Å². The van der Waals surface area contributed by atoms with Crippen LogP contribution in [-0.2, 0) is 0 Å². The monoisotopic (exact) mass is 233 g/mol. The van der Waals surface area contributed by atoms with Gasteiger partial charge < -0.3 is 10.5 Å². The molecule has 90 valence electrons. The molecule has 0 aromatic heterocycles. The van der Waals surface area contributed by atoms with Gasteiger partial charge in [0.25, 0.3) is 0 Å². The van der Waals surface area contributed by atoms with Crippen LogP contribution in [0.1, 0.15) is 18.0 Å². The Bertz CT molecular complexity index is 513. The minimum Gasteiger partial charge on any atom is -0.496 e. The van der Waals surface area contributed by atoms with Crippen LogP contribution in [0.5, 0.6) is 5.75 Å². The Balaban J connectivity index is 2.58. The Kier molecular flexibility index (Phi) is 3.59. The van der Waals surface area contributed by atoms with Crippen LogP contribution in [0.2, 0.25) is 0 Å². The van der Waals surface area contributed by atoms with E-state index >= 15 is 0 Å². The Labute approximate surface area is 100 Å². The average molecular weight is 233 g/mol. The summed E-state index contributed by atoms with van der Waals surface area (Å²) in [6.07, 6.45) is 0.344. The molecule has 0 amide bonds. The summed E-state index contributed by atoms with van der Waals surface area (Å²) < 4.78 is 17.7. The maximum absolute atomic E-state index is 12.4. The zero-order valence-corrected chi connectivity index (χ0v) is 9.82. The van der Waals surface area contributed by atoms with Gasteiger partial charge in [-0.1, -0.05) is 30.3 Å². The van der Waals surface area contributed by atoms with Crippen LogP contribution in [-0.4, -0.2) is 13.8 Å². The van der Waals surface area contributed by atoms with Crippen LogP contribution in [0.4, 0.5) is 4.39 Å². The molecule has 0 fully saturated rings. The number of hydrogen-bond donors (Lipinski definition) is 1. The molecule has 0 radical (unpaired) electrons. The zero-order valence-electron chi connectivity index (χ0n) is 9.82. The Hall–Kier alpha value is -1.61. The van der Waals surface area contributed by atoms with Crippen molar-refractivity contribution in [3.8, 4) is 5.75 Å². The predicted octanol–water partition coefficient (Wildman–Crippen LogP) is 3.21. The topological polar surface area (TPSA) is 35.2 Å². The van der Waals surface area contributed by atoms with Crippen LogP contribution >= 0.6 is 0 Å². The minimum absolute atomic E-state index is 0.268. The lowest BCUT2D eigenvalue weighted by Gasteiger charge is -2.15. The van der Waals surface area contributed by atoms with E-state index < -0.39 is 6.67 Å². The number of hydrogen-bond acceptors (Lipinski definition) is 2. The van der Waals surface area contributed by atoms with E-state index in [1.165, 1.54) is 0 Å². The molecule has 17 heavy (non-hydrogen) atoms. The van der Waals surface area contributed by atoms with Gasteiger partial charge in [0.05, 0.1) is 13.8 Å². The second kappa shape index (κ2) is 5.15. The van der Waals surface area contributed by atoms with Gasteiger partial charge in [-0.15, -0.1) is 0 Å². The average Bonchev–Trinajstić information content (AvgIpc) is 2.37. The fraction of sp³-hybridized carbons (Fsp3) is 0.286. The smallest absolute Gasteiger partial charge is 0.126 e. The Morgan fingerprint density at radius 2 is 1.88 bits per heavy atom. The van der Waals surface area contributed by atoms with Crippen LogP contribution in [0.15, 0.2) is 36.4 Å². The quantitative estimate of drug-likeness (QED) is 0.880. The first-order valence-electron chi connectivity index (χ1n) is 5.65. The van der Waals surface area contributed by atoms with E-state index in [1.54, 1.807) is 7.11 Å². The molecule has 0 saturated carbocycles. The molecule has 2 N–H and O–H groups in total. The molecule has 0 aliphatic heterocycles. The second-order valence-electron chi connectivity index (χ2n) is 3.99. The van der Waals surface area contributed by atoms with E-state index in [1.807, 2.05) is 36.4 Å². The summed E-state index contributed by atoms with van der Waals surface area (Å²) in [7, 11) is 1.64. The Morgan fingerprint density at radius 3 is 2.53 bits per heavy atom. The first-order chi connectivity index (χ1) is 8.27. The van der Waals surface area contributed by atoms with E-state index in [0.29, 0.717) is 6.42 Å². The number of alkyl halides is 1. The lowest BCUT2D eigenvalue weighted by molar-refractivity contribution is 0.419. The van der Waals surface area contributed by atoms with Crippen molar-refractivity contribution in [1.29, 1.82) is 0 Å². The maximum atomic E-state index is 12.4. The van der Waals surface area contributed by atoms with Crippen molar-refractivity contribution < 1.29 is 9.13 Å². The summed E-state index contributed by atoms with van der Waals surface area (Å²) in [5.74, 6) is 0.816. The number of halogens is 1. The van der Waals surface area contributed by atoms with Crippen molar-refractivity contribution in [2.75, 3.05) is 13.8 Å². The van der Waals surface area contributed by atoms with E-state index in [-0.39, 0.29) is 6.04 Å². The highest BCUT2D eigenvalue weighted by molar-refractivity contribution is 5.91. The van der Waals surface area contributed by atoms with Crippen molar-refractivity contribution in [1.82, 2.24) is 0 Å². The summed E-state index contributed by atoms with van der Waals surface area (Å²) in [5, 5.41) is 2.05. The van der Waals surface area contributed by atoms with Gasteiger partial charge in [-0.05, 0) is 23.4 Å². The predicted molar refractivity (Wildman–Crippen MR) is 68.0 cm³/mol. The maximum Gasteiger partial charge on any atom is 0.126 e. The first kappa shape index (κ1) is 11.9. The van der Waals surface area contributed by atoms with E-state index in [2.05, 4.69) is 0 Å². The molecule has 0 heterocycles. The zero-order chi connectivity index (χ0) is 12.3. The summed E-state index contributed by atoms with van der Waals surface area (Å²) in [6, 6.07) is 11.4. The third-order valence-electron chi connectivity index (χ3n) is 2.96. The summed E-state index contributed by atoms with van der Waals surface area (Å²) in [4.78, 5) is 0. The third kappa shape index (κ3) is 2.24. The van der Waals surface area contributed by atoms with Crippen molar-refractivity contribution in [2.45, 2.75) is 12.5 Å². The van der Waals surface area contributed by atoms with Gasteiger partial charge in [-0.25, -0.2) is 0 Å². The van der Waals surface area contributed by atoms with Crippen LogP contribution < -0.4 is 10.5 Å². The SMILES string of the molecule is COc1ccc([C@H](N)CCF)c2ccccc12. The summed E-state index contributed by atoms with van der Waals surface area (Å²) in [6.45, 7) is -0.401. The second-order valence-corrected chi connectivity index (χ2v) is 3.99. The molecule has 0 aliphatic rings. The fourth-order valence-electron chi connectivity index (χ4n) is 2.07. The number of nitrogens with two attached hydrogens (primary N) is 1. The number of rotatable bonds is 4. The third-order valence-corrected chi connectivity index (χ3v) is 2.96. The van der Waals surface area contributed by atoms with Crippen LogP contribution in [0, 0.1) is 0 Å². The van der Waals surface area contributed by atoms with Gasteiger partial charge in [0.1, 0.15) is 5.75 Å². The van der Waals surface area contributed by atoms with Crippen LogP contribution in [0.25, 0.3) is 10.8 Å². The molecule has 0 bridgehead atoms. The largest absolute Gasteiger partial charge is 0.496 e. The molecule has 2 rings (SSSR count). The van der Waals surface area contributed by atoms with Crippen molar-refractivity contribution in [3.63, 3.8) is 0 Å². The molecule has 2 aromatic carbocycles. The van der Waals surface area contributed by atoms with Gasteiger partial charge in [0.2, 0.25) is 0 Å². The number of benzene rings is 2. The molecule has 0 unspecified atom stereocenters. The molecule has 2 nitrogen and oxygen atoms in total. The van der Waals surface area contributed by atoms with Crippen molar-refractivity contribution in [3.05, 3.63) is 42.0 Å². The van der Waals surface area contributed by atoms with Crippen LogP contribution in [0.3, 0.4) is 0 Å². The number of fused-ring (bicyclic) bond motifs is 1. The summed E-state index contributed by atoms with van der Waals surface area (Å²) >= 11 is 0. The highest BCUT2D eigenvalue weighted by Crippen LogP contribution is 2.31. The Morgan fingerprint density at radius 1 is 1.18 bits per heavy atom. The minimum atomic E-state index is -0.401. The molecule has 0 saturated heterocycles. The van der Waals surface area contributed by atoms with Crippen molar-refractivity contribution in [2.24, 2.45) is 5.73 Å². The van der Waals surface area contributed by atoms with E-state index in [9.17, 15) is 4.39 Å².